The molecule has 1 aromatic heterocycles. The molecule has 4 rings (SSSR count). The van der Waals surface area contributed by atoms with Gasteiger partial charge in [-0.3, -0.25) is 4.98 Å². The molecule has 0 saturated carbocycles. The molecule has 0 fully saturated rings. The zero-order valence-electron chi connectivity index (χ0n) is 15.9. The number of hydrogen-bond acceptors (Lipinski definition) is 2. The van der Waals surface area contributed by atoms with E-state index in [1.807, 2.05) is 24.4 Å². The van der Waals surface area contributed by atoms with Gasteiger partial charge in [-0.1, -0.05) is 83.9 Å². The molecule has 0 atom stereocenters. The average Bonchev–Trinajstić information content (AvgIpc) is 2.69. The van der Waals surface area contributed by atoms with Crippen LogP contribution >= 0.6 is 0 Å². The third-order valence-electron chi connectivity index (χ3n) is 4.80. The molecule has 0 aliphatic heterocycles. The van der Waals surface area contributed by atoms with Crippen LogP contribution in [0.15, 0.2) is 79.0 Å². The number of aryl methyl sites for hydroxylation is 3. The van der Waals surface area contributed by atoms with E-state index < -0.39 is 0 Å². The van der Waals surface area contributed by atoms with Gasteiger partial charge in [0.15, 0.2) is 0 Å². The molecular weight excluding hydrogens is 328 g/mol. The van der Waals surface area contributed by atoms with Crippen LogP contribution in [0.3, 0.4) is 0 Å². The number of aromatic nitrogens is 2. The first kappa shape index (κ1) is 17.2. The highest BCUT2D eigenvalue weighted by Crippen LogP contribution is 2.33. The largest absolute Gasteiger partial charge is 0.252 e. The average molecular weight is 350 g/mol. The summed E-state index contributed by atoms with van der Waals surface area (Å²) in [6, 6.07) is 25.2. The summed E-state index contributed by atoms with van der Waals surface area (Å²) in [5.74, 6) is 0. The standard InChI is InChI=1S/C25H22N2/c1-17-9-12-21(13-10-17)24-25(22-14-11-18(2)15-19(22)3)26-16-23(27-24)20-7-5-4-6-8-20/h4-16H,1-3H3. The smallest absolute Gasteiger partial charge is 0.0972 e. The van der Waals surface area contributed by atoms with Crippen molar-refractivity contribution in [2.45, 2.75) is 20.8 Å². The van der Waals surface area contributed by atoms with Crippen molar-refractivity contribution in [3.05, 3.63) is 95.7 Å². The lowest BCUT2D eigenvalue weighted by molar-refractivity contribution is 1.20. The minimum absolute atomic E-state index is 0.889. The lowest BCUT2D eigenvalue weighted by Gasteiger charge is -2.13. The van der Waals surface area contributed by atoms with E-state index in [-0.39, 0.29) is 0 Å². The summed E-state index contributed by atoms with van der Waals surface area (Å²) in [5.41, 5.74) is 9.72. The summed E-state index contributed by atoms with van der Waals surface area (Å²) in [6.07, 6.45) is 1.88. The summed E-state index contributed by atoms with van der Waals surface area (Å²) < 4.78 is 0. The van der Waals surface area contributed by atoms with Gasteiger partial charge in [0, 0.05) is 16.7 Å². The molecular formula is C25H22N2. The van der Waals surface area contributed by atoms with Crippen LogP contribution in [0.4, 0.5) is 0 Å². The summed E-state index contributed by atoms with van der Waals surface area (Å²) in [5, 5.41) is 0. The Bertz CT molecular complexity index is 1080. The highest BCUT2D eigenvalue weighted by atomic mass is 14.8. The van der Waals surface area contributed by atoms with E-state index in [4.69, 9.17) is 9.97 Å². The fraction of sp³-hybridized carbons (Fsp3) is 0.120. The molecule has 0 N–H and O–H groups in total. The minimum Gasteiger partial charge on any atom is -0.252 e. The van der Waals surface area contributed by atoms with Gasteiger partial charge in [0.25, 0.3) is 0 Å². The maximum atomic E-state index is 5.02. The Kier molecular flexibility index (Phi) is 4.55. The van der Waals surface area contributed by atoms with Gasteiger partial charge < -0.3 is 0 Å². The van der Waals surface area contributed by atoms with Gasteiger partial charge in [-0.25, -0.2) is 4.98 Å². The first-order valence-electron chi connectivity index (χ1n) is 9.19. The Hall–Kier alpha value is -3.26. The van der Waals surface area contributed by atoms with Crippen LogP contribution in [0.1, 0.15) is 16.7 Å². The molecule has 0 aliphatic rings. The first-order valence-corrected chi connectivity index (χ1v) is 9.19. The Balaban J connectivity index is 1.94. The third kappa shape index (κ3) is 3.52. The molecule has 0 unspecified atom stereocenters. The second-order valence-corrected chi connectivity index (χ2v) is 7.00. The molecule has 0 saturated heterocycles. The van der Waals surface area contributed by atoms with Crippen LogP contribution < -0.4 is 0 Å². The molecule has 0 aliphatic carbocycles. The molecule has 0 radical (unpaired) electrons. The van der Waals surface area contributed by atoms with Gasteiger partial charge in [0.2, 0.25) is 0 Å². The highest BCUT2D eigenvalue weighted by Gasteiger charge is 2.15. The maximum Gasteiger partial charge on any atom is 0.0972 e. The topological polar surface area (TPSA) is 25.8 Å². The second kappa shape index (κ2) is 7.16. The maximum absolute atomic E-state index is 5.02. The van der Waals surface area contributed by atoms with Crippen LogP contribution in [0.2, 0.25) is 0 Å². The zero-order valence-corrected chi connectivity index (χ0v) is 15.9. The van der Waals surface area contributed by atoms with Crippen molar-refractivity contribution in [1.82, 2.24) is 9.97 Å². The van der Waals surface area contributed by atoms with Gasteiger partial charge in [0.1, 0.15) is 0 Å². The Morgan fingerprint density at radius 1 is 0.630 bits per heavy atom. The molecule has 2 nitrogen and oxygen atoms in total. The van der Waals surface area contributed by atoms with E-state index in [0.717, 1.165) is 33.8 Å². The lowest BCUT2D eigenvalue weighted by atomic mass is 9.98. The Morgan fingerprint density at radius 2 is 1.33 bits per heavy atom. The molecule has 132 valence electrons. The van der Waals surface area contributed by atoms with Crippen molar-refractivity contribution in [3.63, 3.8) is 0 Å². The number of hydrogen-bond donors (Lipinski definition) is 0. The van der Waals surface area contributed by atoms with Crippen LogP contribution in [-0.2, 0) is 0 Å². The van der Waals surface area contributed by atoms with E-state index >= 15 is 0 Å². The number of benzene rings is 3. The van der Waals surface area contributed by atoms with Crippen molar-refractivity contribution < 1.29 is 0 Å². The van der Waals surface area contributed by atoms with Gasteiger partial charge >= 0.3 is 0 Å². The molecule has 27 heavy (non-hydrogen) atoms. The van der Waals surface area contributed by atoms with Crippen molar-refractivity contribution in [2.24, 2.45) is 0 Å². The van der Waals surface area contributed by atoms with Crippen molar-refractivity contribution in [2.75, 3.05) is 0 Å². The van der Waals surface area contributed by atoms with E-state index in [1.165, 1.54) is 16.7 Å². The van der Waals surface area contributed by atoms with E-state index in [2.05, 4.69) is 75.4 Å². The number of rotatable bonds is 3. The Labute approximate surface area is 160 Å². The molecule has 2 heteroatoms. The third-order valence-corrected chi connectivity index (χ3v) is 4.80. The molecule has 3 aromatic carbocycles. The quantitative estimate of drug-likeness (QED) is 0.427. The monoisotopic (exact) mass is 350 g/mol. The lowest BCUT2D eigenvalue weighted by Crippen LogP contribution is -1.97. The zero-order chi connectivity index (χ0) is 18.8. The summed E-state index contributed by atoms with van der Waals surface area (Å²) in [6.45, 7) is 6.34. The highest BCUT2D eigenvalue weighted by molar-refractivity contribution is 5.81. The normalized spacial score (nSPS) is 10.8. The predicted octanol–water partition coefficient (Wildman–Crippen LogP) is 6.40. The van der Waals surface area contributed by atoms with Crippen LogP contribution in [0.25, 0.3) is 33.8 Å². The van der Waals surface area contributed by atoms with Crippen molar-refractivity contribution in [1.29, 1.82) is 0 Å². The van der Waals surface area contributed by atoms with Crippen LogP contribution in [-0.4, -0.2) is 9.97 Å². The van der Waals surface area contributed by atoms with Gasteiger partial charge in [0.05, 0.1) is 23.3 Å². The van der Waals surface area contributed by atoms with Gasteiger partial charge in [-0.2, -0.15) is 0 Å². The van der Waals surface area contributed by atoms with E-state index in [9.17, 15) is 0 Å². The summed E-state index contributed by atoms with van der Waals surface area (Å²) in [4.78, 5) is 9.87. The molecule has 0 bridgehead atoms. The molecule has 1 heterocycles. The van der Waals surface area contributed by atoms with Gasteiger partial charge in [-0.05, 0) is 26.3 Å². The van der Waals surface area contributed by atoms with Crippen molar-refractivity contribution >= 4 is 0 Å². The summed E-state index contributed by atoms with van der Waals surface area (Å²) >= 11 is 0. The predicted molar refractivity (Wildman–Crippen MR) is 113 cm³/mol. The SMILES string of the molecule is Cc1ccc(-c2nc(-c3ccccc3)cnc2-c2ccc(C)cc2C)cc1. The van der Waals surface area contributed by atoms with E-state index in [1.54, 1.807) is 0 Å². The van der Waals surface area contributed by atoms with Gasteiger partial charge in [-0.15, -0.1) is 0 Å². The van der Waals surface area contributed by atoms with Crippen LogP contribution in [0, 0.1) is 20.8 Å². The number of nitrogens with zero attached hydrogens (tertiary/aromatic N) is 2. The fourth-order valence-electron chi connectivity index (χ4n) is 3.33. The second-order valence-electron chi connectivity index (χ2n) is 7.00. The summed E-state index contributed by atoms with van der Waals surface area (Å²) in [7, 11) is 0. The Morgan fingerprint density at radius 3 is 2.04 bits per heavy atom. The van der Waals surface area contributed by atoms with Crippen molar-refractivity contribution in [3.8, 4) is 33.8 Å². The molecule has 0 spiro atoms. The fourth-order valence-corrected chi connectivity index (χ4v) is 3.33. The van der Waals surface area contributed by atoms with Crippen LogP contribution in [0.5, 0.6) is 0 Å². The minimum atomic E-state index is 0.889. The molecule has 0 amide bonds. The van der Waals surface area contributed by atoms with E-state index in [0.29, 0.717) is 0 Å². The first-order chi connectivity index (χ1) is 13.1. The molecule has 4 aromatic rings.